The topological polar surface area (TPSA) is 60.2 Å². The summed E-state index contributed by atoms with van der Waals surface area (Å²) >= 11 is 0. The summed E-state index contributed by atoms with van der Waals surface area (Å²) in [5.41, 5.74) is 0. The molecule has 0 aliphatic carbocycles. The Bertz CT molecular complexity index is 376. The molecule has 1 heterocycles. The van der Waals surface area contributed by atoms with Gasteiger partial charge in [0.1, 0.15) is 12.2 Å². The van der Waals surface area contributed by atoms with E-state index >= 15 is 0 Å². The van der Waals surface area contributed by atoms with Crippen molar-refractivity contribution in [1.29, 1.82) is 0 Å². The van der Waals surface area contributed by atoms with Crippen LogP contribution < -0.4 is 0 Å². The molecule has 0 saturated heterocycles. The van der Waals surface area contributed by atoms with Gasteiger partial charge in [-0.1, -0.05) is 13.8 Å². The predicted molar refractivity (Wildman–Crippen MR) is 67.8 cm³/mol. The van der Waals surface area contributed by atoms with Gasteiger partial charge in [-0.05, 0) is 19.9 Å². The maximum Gasteiger partial charge on any atom is 0.320 e. The van der Waals surface area contributed by atoms with Gasteiger partial charge in [-0.3, -0.25) is 9.69 Å². The van der Waals surface area contributed by atoms with E-state index in [0.29, 0.717) is 19.1 Å². The van der Waals surface area contributed by atoms with Gasteiger partial charge >= 0.3 is 5.97 Å². The Kier molecular flexibility index (Phi) is 5.77. The largest absolute Gasteiger partial charge is 0.465 e. The second-order valence-corrected chi connectivity index (χ2v) is 4.73. The van der Waals surface area contributed by atoms with Crippen LogP contribution in [0.1, 0.15) is 26.6 Å². The third-order valence-electron chi connectivity index (χ3n) is 2.35. The number of hydrogen-bond acceptors (Lipinski definition) is 5. The number of carbonyl (C=O) groups is 1. The van der Waals surface area contributed by atoms with Gasteiger partial charge in [0, 0.05) is 6.54 Å². The minimum Gasteiger partial charge on any atom is -0.465 e. The number of rotatable bonds is 7. The first-order valence-electron chi connectivity index (χ1n) is 6.23. The van der Waals surface area contributed by atoms with E-state index in [1.165, 1.54) is 0 Å². The lowest BCUT2D eigenvalue weighted by Gasteiger charge is -2.16. The Morgan fingerprint density at radius 1 is 1.56 bits per heavy atom. The molecule has 0 aliphatic rings. The lowest BCUT2D eigenvalue weighted by Crippen LogP contribution is -2.28. The van der Waals surface area contributed by atoms with E-state index in [4.69, 9.17) is 4.74 Å². The Morgan fingerprint density at radius 2 is 2.28 bits per heavy atom. The molecule has 0 radical (unpaired) electrons. The van der Waals surface area contributed by atoms with Gasteiger partial charge in [0.25, 0.3) is 0 Å². The summed E-state index contributed by atoms with van der Waals surface area (Å²) < 4.78 is 6.78. The molecule has 0 saturated carbocycles. The number of hydrogen-bond donors (Lipinski definition) is 0. The standard InChI is InChI=1S/C12H22N4O2/c1-5-18-12(17)8-15(4)7-11-13-9-14-16(11)6-10(2)3/h9-10H,5-8H2,1-4H3. The zero-order chi connectivity index (χ0) is 13.5. The first kappa shape index (κ1) is 14.6. The second kappa shape index (κ2) is 7.10. The first-order chi connectivity index (χ1) is 8.52. The van der Waals surface area contributed by atoms with Gasteiger partial charge in [-0.25, -0.2) is 9.67 Å². The highest BCUT2D eigenvalue weighted by Gasteiger charge is 2.12. The molecule has 6 heteroatoms. The van der Waals surface area contributed by atoms with Gasteiger partial charge in [0.2, 0.25) is 0 Å². The van der Waals surface area contributed by atoms with Crippen LogP contribution in [0.15, 0.2) is 6.33 Å². The lowest BCUT2D eigenvalue weighted by atomic mass is 10.2. The highest BCUT2D eigenvalue weighted by atomic mass is 16.5. The fourth-order valence-corrected chi connectivity index (χ4v) is 1.63. The lowest BCUT2D eigenvalue weighted by molar-refractivity contribution is -0.144. The maximum absolute atomic E-state index is 11.3. The summed E-state index contributed by atoms with van der Waals surface area (Å²) in [6, 6.07) is 0. The minimum absolute atomic E-state index is 0.213. The SMILES string of the molecule is CCOC(=O)CN(C)Cc1ncnn1CC(C)C. The fraction of sp³-hybridized carbons (Fsp3) is 0.750. The second-order valence-electron chi connectivity index (χ2n) is 4.73. The number of ether oxygens (including phenoxy) is 1. The fourth-order valence-electron chi connectivity index (χ4n) is 1.63. The summed E-state index contributed by atoms with van der Waals surface area (Å²) in [4.78, 5) is 17.4. The van der Waals surface area contributed by atoms with Crippen LogP contribution in [-0.4, -0.2) is 45.8 Å². The normalized spacial score (nSPS) is 11.2. The van der Waals surface area contributed by atoms with Gasteiger partial charge in [0.15, 0.2) is 0 Å². The van der Waals surface area contributed by atoms with E-state index in [-0.39, 0.29) is 12.5 Å². The first-order valence-corrected chi connectivity index (χ1v) is 6.23. The number of likely N-dealkylation sites (N-methyl/N-ethyl adjacent to an activating group) is 1. The molecule has 0 fully saturated rings. The molecule has 0 unspecified atom stereocenters. The summed E-state index contributed by atoms with van der Waals surface area (Å²) in [5, 5.41) is 4.19. The highest BCUT2D eigenvalue weighted by Crippen LogP contribution is 2.03. The Balaban J connectivity index is 2.51. The van der Waals surface area contributed by atoms with Gasteiger partial charge in [-0.15, -0.1) is 0 Å². The molecule has 102 valence electrons. The number of nitrogens with zero attached hydrogens (tertiary/aromatic N) is 4. The van der Waals surface area contributed by atoms with Crippen LogP contribution in [0.25, 0.3) is 0 Å². The molecule has 0 atom stereocenters. The van der Waals surface area contributed by atoms with Crippen molar-refractivity contribution in [2.24, 2.45) is 5.92 Å². The van der Waals surface area contributed by atoms with Crippen molar-refractivity contribution in [1.82, 2.24) is 19.7 Å². The van der Waals surface area contributed by atoms with E-state index in [9.17, 15) is 4.79 Å². The molecule has 1 aromatic rings. The zero-order valence-corrected chi connectivity index (χ0v) is 11.6. The molecule has 0 amide bonds. The van der Waals surface area contributed by atoms with Crippen molar-refractivity contribution in [3.63, 3.8) is 0 Å². The monoisotopic (exact) mass is 254 g/mol. The summed E-state index contributed by atoms with van der Waals surface area (Å²) in [5.74, 6) is 1.17. The van der Waals surface area contributed by atoms with Crippen LogP contribution in [0.5, 0.6) is 0 Å². The third-order valence-corrected chi connectivity index (χ3v) is 2.35. The molecule has 6 nitrogen and oxygen atoms in total. The van der Waals surface area contributed by atoms with Crippen molar-refractivity contribution in [2.75, 3.05) is 20.2 Å². The van der Waals surface area contributed by atoms with E-state index < -0.39 is 0 Å². The van der Waals surface area contributed by atoms with Gasteiger partial charge in [-0.2, -0.15) is 5.10 Å². The van der Waals surface area contributed by atoms with Crippen molar-refractivity contribution < 1.29 is 9.53 Å². The number of esters is 1. The van der Waals surface area contributed by atoms with Crippen LogP contribution in [0.3, 0.4) is 0 Å². The van der Waals surface area contributed by atoms with Crippen molar-refractivity contribution in [3.05, 3.63) is 12.2 Å². The molecule has 0 bridgehead atoms. The molecule has 0 aromatic carbocycles. The number of carbonyl (C=O) groups excluding carboxylic acids is 1. The van der Waals surface area contributed by atoms with Crippen LogP contribution in [0.4, 0.5) is 0 Å². The van der Waals surface area contributed by atoms with Crippen LogP contribution in [-0.2, 0) is 22.6 Å². The molecule has 18 heavy (non-hydrogen) atoms. The molecule has 0 spiro atoms. The highest BCUT2D eigenvalue weighted by molar-refractivity contribution is 5.71. The minimum atomic E-state index is -0.213. The Labute approximate surface area is 108 Å². The van der Waals surface area contributed by atoms with Crippen molar-refractivity contribution in [3.8, 4) is 0 Å². The third kappa shape index (κ3) is 4.83. The average molecular weight is 254 g/mol. The van der Waals surface area contributed by atoms with Crippen molar-refractivity contribution in [2.45, 2.75) is 33.9 Å². The summed E-state index contributed by atoms with van der Waals surface area (Å²) in [6.07, 6.45) is 1.55. The van der Waals surface area contributed by atoms with E-state index in [0.717, 1.165) is 12.4 Å². The average Bonchev–Trinajstić information content (AvgIpc) is 2.64. The van der Waals surface area contributed by atoms with Crippen LogP contribution >= 0.6 is 0 Å². The molecular weight excluding hydrogens is 232 g/mol. The summed E-state index contributed by atoms with van der Waals surface area (Å²) in [6.45, 7) is 8.17. The van der Waals surface area contributed by atoms with E-state index in [2.05, 4.69) is 23.9 Å². The van der Waals surface area contributed by atoms with E-state index in [1.54, 1.807) is 13.3 Å². The quantitative estimate of drug-likeness (QED) is 0.677. The van der Waals surface area contributed by atoms with E-state index in [1.807, 2.05) is 16.6 Å². The summed E-state index contributed by atoms with van der Waals surface area (Å²) in [7, 11) is 1.87. The smallest absolute Gasteiger partial charge is 0.320 e. The van der Waals surface area contributed by atoms with Gasteiger partial charge in [0.05, 0.1) is 19.7 Å². The van der Waals surface area contributed by atoms with Crippen LogP contribution in [0.2, 0.25) is 0 Å². The Hall–Kier alpha value is -1.43. The molecule has 1 aromatic heterocycles. The molecule has 0 N–H and O–H groups in total. The zero-order valence-electron chi connectivity index (χ0n) is 11.6. The van der Waals surface area contributed by atoms with Crippen molar-refractivity contribution >= 4 is 5.97 Å². The molecule has 0 aliphatic heterocycles. The Morgan fingerprint density at radius 3 is 2.89 bits per heavy atom. The number of aromatic nitrogens is 3. The maximum atomic E-state index is 11.3. The molecule has 1 rings (SSSR count). The molecular formula is C12H22N4O2. The predicted octanol–water partition coefficient (Wildman–Crippen LogP) is 0.929. The van der Waals surface area contributed by atoms with Gasteiger partial charge < -0.3 is 4.74 Å². The van der Waals surface area contributed by atoms with Crippen LogP contribution in [0, 0.1) is 5.92 Å².